The van der Waals surface area contributed by atoms with Crippen molar-refractivity contribution in [1.29, 1.82) is 0 Å². The highest BCUT2D eigenvalue weighted by Gasteiger charge is 2.11. The van der Waals surface area contributed by atoms with Gasteiger partial charge in [-0.1, -0.05) is 32.6 Å². The van der Waals surface area contributed by atoms with Gasteiger partial charge in [0.15, 0.2) is 0 Å². The average Bonchev–Trinajstić information content (AvgIpc) is 2.14. The maximum Gasteiger partial charge on any atom is 0.0172 e. The molecular weight excluding hydrogens is 166 g/mol. The fourth-order valence-electron chi connectivity index (χ4n) is 1.60. The summed E-state index contributed by atoms with van der Waals surface area (Å²) in [7, 11) is 0. The number of thioether (sulfide) groups is 1. The monoisotopic (exact) mass is 187 g/mol. The van der Waals surface area contributed by atoms with Crippen LogP contribution in [0.3, 0.4) is 0 Å². The van der Waals surface area contributed by atoms with E-state index in [0.29, 0.717) is 0 Å². The Balaban J connectivity index is 1.91. The van der Waals surface area contributed by atoms with Crippen LogP contribution < -0.4 is 5.32 Å². The Labute approximate surface area is 80.7 Å². The predicted octanol–water partition coefficient (Wildman–Crippen LogP) is 2.66. The largest absolute Gasteiger partial charge is 0.315 e. The Kier molecular flexibility index (Phi) is 5.88. The lowest BCUT2D eigenvalue weighted by Crippen LogP contribution is -2.32. The first-order valence-electron chi connectivity index (χ1n) is 5.26. The third-order valence-electron chi connectivity index (χ3n) is 2.38. The molecule has 1 aliphatic rings. The molecule has 0 aliphatic carbocycles. The van der Waals surface area contributed by atoms with Gasteiger partial charge in [0.1, 0.15) is 0 Å². The predicted molar refractivity (Wildman–Crippen MR) is 57.9 cm³/mol. The molecule has 1 unspecified atom stereocenters. The Morgan fingerprint density at radius 2 is 2.25 bits per heavy atom. The molecule has 2 heteroatoms. The summed E-state index contributed by atoms with van der Waals surface area (Å²) in [5, 5.41) is 4.37. The van der Waals surface area contributed by atoms with E-state index in [1.54, 1.807) is 0 Å². The zero-order valence-corrected chi connectivity index (χ0v) is 8.96. The van der Waals surface area contributed by atoms with Crippen molar-refractivity contribution in [3.8, 4) is 0 Å². The summed E-state index contributed by atoms with van der Waals surface area (Å²) in [6, 6.07) is 0. The molecule has 0 amide bonds. The molecule has 0 aromatic carbocycles. The van der Waals surface area contributed by atoms with E-state index in [0.717, 1.165) is 5.25 Å². The van der Waals surface area contributed by atoms with Gasteiger partial charge in [-0.15, -0.1) is 0 Å². The molecule has 1 saturated heterocycles. The van der Waals surface area contributed by atoms with Crippen LogP contribution in [-0.4, -0.2) is 24.1 Å². The number of unbranched alkanes of at least 4 members (excludes halogenated alkanes) is 3. The molecule has 0 radical (unpaired) electrons. The number of nitrogens with one attached hydrogen (secondary N) is 1. The molecule has 0 aromatic heterocycles. The Morgan fingerprint density at radius 3 is 2.92 bits per heavy atom. The normalized spacial score (nSPS) is 24.2. The van der Waals surface area contributed by atoms with Gasteiger partial charge < -0.3 is 5.32 Å². The van der Waals surface area contributed by atoms with Gasteiger partial charge in [0.05, 0.1) is 0 Å². The molecule has 1 fully saturated rings. The van der Waals surface area contributed by atoms with Gasteiger partial charge in [0.2, 0.25) is 0 Å². The minimum atomic E-state index is 0.913. The van der Waals surface area contributed by atoms with Crippen LogP contribution in [0.5, 0.6) is 0 Å². The summed E-state index contributed by atoms with van der Waals surface area (Å²) < 4.78 is 0. The van der Waals surface area contributed by atoms with Gasteiger partial charge in [-0.3, -0.25) is 0 Å². The van der Waals surface area contributed by atoms with Gasteiger partial charge in [0.25, 0.3) is 0 Å². The molecule has 1 N–H and O–H groups in total. The number of hydrogen-bond acceptors (Lipinski definition) is 2. The van der Waals surface area contributed by atoms with Crippen molar-refractivity contribution in [1.82, 2.24) is 5.32 Å². The van der Waals surface area contributed by atoms with E-state index in [2.05, 4.69) is 24.0 Å². The van der Waals surface area contributed by atoms with Crippen LogP contribution in [0.4, 0.5) is 0 Å². The van der Waals surface area contributed by atoms with Crippen molar-refractivity contribution in [2.24, 2.45) is 0 Å². The lowest BCUT2D eigenvalue weighted by atomic mass is 10.1. The van der Waals surface area contributed by atoms with Crippen molar-refractivity contribution in [3.63, 3.8) is 0 Å². The lowest BCUT2D eigenvalue weighted by molar-refractivity contribution is 0.580. The molecule has 0 spiro atoms. The fourth-order valence-corrected chi connectivity index (χ4v) is 2.77. The molecule has 72 valence electrons. The molecule has 12 heavy (non-hydrogen) atoms. The zero-order chi connectivity index (χ0) is 8.65. The standard InChI is InChI=1S/C10H21NS/c1-2-3-4-5-6-10-9-11-7-8-12-10/h10-11H,2-9H2,1H3. The van der Waals surface area contributed by atoms with Crippen molar-refractivity contribution in [3.05, 3.63) is 0 Å². The highest BCUT2D eigenvalue weighted by atomic mass is 32.2. The van der Waals surface area contributed by atoms with Gasteiger partial charge in [-0.05, 0) is 6.42 Å². The second-order valence-corrected chi connectivity index (χ2v) is 4.95. The van der Waals surface area contributed by atoms with Crippen molar-refractivity contribution in [2.45, 2.75) is 44.3 Å². The van der Waals surface area contributed by atoms with E-state index in [1.807, 2.05) is 0 Å². The van der Waals surface area contributed by atoms with Crippen LogP contribution in [-0.2, 0) is 0 Å². The lowest BCUT2D eigenvalue weighted by Gasteiger charge is -2.22. The molecule has 0 aromatic rings. The molecule has 1 heterocycles. The average molecular weight is 187 g/mol. The molecule has 1 rings (SSSR count). The number of hydrogen-bond donors (Lipinski definition) is 1. The van der Waals surface area contributed by atoms with Gasteiger partial charge >= 0.3 is 0 Å². The topological polar surface area (TPSA) is 12.0 Å². The fraction of sp³-hybridized carbons (Fsp3) is 1.00. The second-order valence-electron chi connectivity index (χ2n) is 3.55. The van der Waals surface area contributed by atoms with Crippen molar-refractivity contribution >= 4 is 11.8 Å². The van der Waals surface area contributed by atoms with Crippen LogP contribution in [0.1, 0.15) is 39.0 Å². The Hall–Kier alpha value is 0.310. The molecule has 0 saturated carbocycles. The van der Waals surface area contributed by atoms with E-state index in [-0.39, 0.29) is 0 Å². The third kappa shape index (κ3) is 4.36. The molecule has 1 atom stereocenters. The Bertz CT molecular complexity index is 100. The van der Waals surface area contributed by atoms with Crippen LogP contribution in [0, 0.1) is 0 Å². The summed E-state index contributed by atoms with van der Waals surface area (Å²) in [5.41, 5.74) is 0. The van der Waals surface area contributed by atoms with Crippen LogP contribution in [0.2, 0.25) is 0 Å². The zero-order valence-electron chi connectivity index (χ0n) is 8.14. The summed E-state index contributed by atoms with van der Waals surface area (Å²) >= 11 is 2.16. The summed E-state index contributed by atoms with van der Waals surface area (Å²) in [6.07, 6.45) is 7.08. The number of rotatable bonds is 5. The van der Waals surface area contributed by atoms with Crippen molar-refractivity contribution < 1.29 is 0 Å². The first-order valence-corrected chi connectivity index (χ1v) is 6.30. The quantitative estimate of drug-likeness (QED) is 0.664. The molecule has 1 aliphatic heterocycles. The minimum absolute atomic E-state index is 0.913. The van der Waals surface area contributed by atoms with E-state index >= 15 is 0 Å². The highest BCUT2D eigenvalue weighted by Crippen LogP contribution is 2.19. The van der Waals surface area contributed by atoms with Crippen molar-refractivity contribution in [2.75, 3.05) is 18.8 Å². The SMILES string of the molecule is CCCCCCC1CNCCS1. The summed E-state index contributed by atoms with van der Waals surface area (Å²) in [6.45, 7) is 4.74. The summed E-state index contributed by atoms with van der Waals surface area (Å²) in [4.78, 5) is 0. The van der Waals surface area contributed by atoms with Gasteiger partial charge in [-0.2, -0.15) is 11.8 Å². The van der Waals surface area contributed by atoms with E-state index in [4.69, 9.17) is 0 Å². The van der Waals surface area contributed by atoms with E-state index in [9.17, 15) is 0 Å². The van der Waals surface area contributed by atoms with Gasteiger partial charge in [0, 0.05) is 24.1 Å². The Morgan fingerprint density at radius 1 is 1.33 bits per heavy atom. The van der Waals surface area contributed by atoms with Crippen LogP contribution in [0.25, 0.3) is 0 Å². The first-order chi connectivity index (χ1) is 5.93. The molecular formula is C10H21NS. The molecule has 1 nitrogen and oxygen atoms in total. The van der Waals surface area contributed by atoms with E-state index < -0.39 is 0 Å². The molecule has 0 bridgehead atoms. The van der Waals surface area contributed by atoms with Crippen LogP contribution in [0.15, 0.2) is 0 Å². The maximum absolute atomic E-state index is 3.45. The van der Waals surface area contributed by atoms with Gasteiger partial charge in [-0.25, -0.2) is 0 Å². The maximum atomic E-state index is 3.45. The minimum Gasteiger partial charge on any atom is -0.315 e. The van der Waals surface area contributed by atoms with Crippen LogP contribution >= 0.6 is 11.8 Å². The highest BCUT2D eigenvalue weighted by molar-refractivity contribution is 8.00. The first kappa shape index (κ1) is 10.4. The second kappa shape index (κ2) is 6.79. The smallest absolute Gasteiger partial charge is 0.0172 e. The third-order valence-corrected chi connectivity index (χ3v) is 3.70. The van der Waals surface area contributed by atoms with E-state index in [1.165, 1.54) is 50.9 Å². The summed E-state index contributed by atoms with van der Waals surface area (Å²) in [5.74, 6) is 1.32.